The molecule has 1 aromatic rings. The summed E-state index contributed by atoms with van der Waals surface area (Å²) in [6.45, 7) is 0.654. The molecule has 0 aromatic heterocycles. The monoisotopic (exact) mass is 255 g/mol. The number of hydrogen-bond acceptors (Lipinski definition) is 2. The number of fused-ring (bicyclic) bond motifs is 1. The van der Waals surface area contributed by atoms with Crippen LogP contribution < -0.4 is 10.1 Å². The third-order valence-corrected chi connectivity index (χ3v) is 3.59. The van der Waals surface area contributed by atoms with Gasteiger partial charge in [-0.15, -0.1) is 0 Å². The molecule has 0 radical (unpaired) electrons. The average Bonchev–Trinajstić information content (AvgIpc) is 3.08. The van der Waals surface area contributed by atoms with E-state index in [0.717, 1.165) is 18.4 Å². The fourth-order valence-electron chi connectivity index (χ4n) is 2.32. The maximum atomic E-state index is 13.4. The van der Waals surface area contributed by atoms with Crippen LogP contribution >= 0.6 is 11.6 Å². The first-order valence-corrected chi connectivity index (χ1v) is 6.49. The molecule has 0 amide bonds. The number of rotatable bonds is 2. The third kappa shape index (κ3) is 2.40. The second-order valence-electron chi connectivity index (χ2n) is 4.79. The number of ether oxygens (including phenoxy) is 1. The summed E-state index contributed by atoms with van der Waals surface area (Å²) in [6, 6.07) is 3.63. The van der Waals surface area contributed by atoms with Crippen LogP contribution in [-0.2, 0) is 0 Å². The van der Waals surface area contributed by atoms with E-state index in [2.05, 4.69) is 5.32 Å². The van der Waals surface area contributed by atoms with Gasteiger partial charge in [-0.25, -0.2) is 4.39 Å². The van der Waals surface area contributed by atoms with Gasteiger partial charge in [0, 0.05) is 17.6 Å². The third-order valence-electron chi connectivity index (χ3n) is 3.31. The number of hydrogen-bond donors (Lipinski definition) is 1. The van der Waals surface area contributed by atoms with Crippen LogP contribution in [0.2, 0.25) is 5.02 Å². The Hall–Kier alpha value is -0.800. The van der Waals surface area contributed by atoms with E-state index in [1.54, 1.807) is 6.07 Å². The largest absolute Gasteiger partial charge is 0.492 e. The minimum Gasteiger partial charge on any atom is -0.492 e. The van der Waals surface area contributed by atoms with Crippen molar-refractivity contribution in [1.82, 2.24) is 5.32 Å². The van der Waals surface area contributed by atoms with Crippen LogP contribution in [0.4, 0.5) is 4.39 Å². The Balaban J connectivity index is 1.97. The smallest absolute Gasteiger partial charge is 0.142 e. The zero-order chi connectivity index (χ0) is 11.8. The molecule has 1 atom stereocenters. The van der Waals surface area contributed by atoms with Crippen molar-refractivity contribution in [3.63, 3.8) is 0 Å². The molecule has 92 valence electrons. The minimum atomic E-state index is -0.290. The minimum absolute atomic E-state index is 0.174. The maximum Gasteiger partial charge on any atom is 0.142 e. The van der Waals surface area contributed by atoms with Crippen molar-refractivity contribution >= 4 is 11.6 Å². The first-order valence-electron chi connectivity index (χ1n) is 6.12. The molecule has 2 aliphatic rings. The van der Waals surface area contributed by atoms with Crippen molar-refractivity contribution in [3.8, 4) is 5.75 Å². The summed E-state index contributed by atoms with van der Waals surface area (Å²) in [7, 11) is 0. The standard InChI is InChI=1S/C13H15ClFNO/c14-11-7-8(15)6-10-12(16-9-3-4-9)2-1-5-17-13(10)11/h6-7,9,12,16H,1-5H2. The van der Waals surface area contributed by atoms with Gasteiger partial charge in [0.2, 0.25) is 0 Å². The second kappa shape index (κ2) is 4.46. The fraction of sp³-hybridized carbons (Fsp3) is 0.538. The number of nitrogens with one attached hydrogen (secondary N) is 1. The topological polar surface area (TPSA) is 21.3 Å². The summed E-state index contributed by atoms with van der Waals surface area (Å²) in [4.78, 5) is 0. The molecule has 0 saturated heterocycles. The van der Waals surface area contributed by atoms with Gasteiger partial charge in [0.25, 0.3) is 0 Å². The molecular weight excluding hydrogens is 241 g/mol. The summed E-state index contributed by atoms with van der Waals surface area (Å²) in [5.74, 6) is 0.366. The first kappa shape index (κ1) is 11.3. The average molecular weight is 256 g/mol. The van der Waals surface area contributed by atoms with Crippen molar-refractivity contribution in [3.05, 3.63) is 28.5 Å². The molecule has 4 heteroatoms. The van der Waals surface area contributed by atoms with Crippen molar-refractivity contribution in [1.29, 1.82) is 0 Å². The Morgan fingerprint density at radius 2 is 2.12 bits per heavy atom. The van der Waals surface area contributed by atoms with Gasteiger partial charge in [-0.3, -0.25) is 0 Å². The van der Waals surface area contributed by atoms with E-state index in [0.29, 0.717) is 23.4 Å². The summed E-state index contributed by atoms with van der Waals surface area (Å²) >= 11 is 6.04. The van der Waals surface area contributed by atoms with E-state index < -0.39 is 0 Å². The summed E-state index contributed by atoms with van der Waals surface area (Å²) in [5.41, 5.74) is 0.874. The molecule has 1 aromatic carbocycles. The summed E-state index contributed by atoms with van der Waals surface area (Å²) in [6.07, 6.45) is 4.38. The van der Waals surface area contributed by atoms with E-state index >= 15 is 0 Å². The molecule has 3 rings (SSSR count). The zero-order valence-corrected chi connectivity index (χ0v) is 10.3. The molecule has 1 fully saturated rings. The molecule has 1 aliphatic carbocycles. The van der Waals surface area contributed by atoms with E-state index in [1.807, 2.05) is 0 Å². The van der Waals surface area contributed by atoms with Gasteiger partial charge < -0.3 is 10.1 Å². The van der Waals surface area contributed by atoms with Crippen molar-refractivity contribution < 1.29 is 9.13 Å². The van der Waals surface area contributed by atoms with E-state index in [9.17, 15) is 4.39 Å². The van der Waals surface area contributed by atoms with Gasteiger partial charge in [0.1, 0.15) is 11.6 Å². The normalized spacial score (nSPS) is 23.8. The van der Waals surface area contributed by atoms with Crippen LogP contribution in [0.5, 0.6) is 5.75 Å². The molecule has 1 saturated carbocycles. The Kier molecular flexibility index (Phi) is 2.97. The van der Waals surface area contributed by atoms with Crippen LogP contribution in [0.15, 0.2) is 12.1 Å². The van der Waals surface area contributed by atoms with Gasteiger partial charge in [-0.2, -0.15) is 0 Å². The van der Waals surface area contributed by atoms with Crippen LogP contribution in [0, 0.1) is 5.82 Å². The lowest BCUT2D eigenvalue weighted by molar-refractivity contribution is 0.315. The molecule has 2 nitrogen and oxygen atoms in total. The van der Waals surface area contributed by atoms with E-state index in [4.69, 9.17) is 16.3 Å². The Bertz CT molecular complexity index is 434. The molecule has 1 heterocycles. The van der Waals surface area contributed by atoms with Crippen LogP contribution in [0.3, 0.4) is 0 Å². The predicted octanol–water partition coefficient (Wildman–Crippen LogP) is 3.44. The molecule has 0 spiro atoms. The van der Waals surface area contributed by atoms with Crippen LogP contribution in [0.25, 0.3) is 0 Å². The Morgan fingerprint density at radius 3 is 2.88 bits per heavy atom. The quantitative estimate of drug-likeness (QED) is 0.874. The van der Waals surface area contributed by atoms with Gasteiger partial charge >= 0.3 is 0 Å². The van der Waals surface area contributed by atoms with E-state index in [-0.39, 0.29) is 11.9 Å². The lowest BCUT2D eigenvalue weighted by Crippen LogP contribution is -2.23. The number of halogens is 2. The Labute approximate surface area is 105 Å². The lowest BCUT2D eigenvalue weighted by Gasteiger charge is -2.18. The van der Waals surface area contributed by atoms with Gasteiger partial charge in [-0.05, 0) is 37.8 Å². The van der Waals surface area contributed by atoms with Crippen LogP contribution in [-0.4, -0.2) is 12.6 Å². The van der Waals surface area contributed by atoms with Crippen molar-refractivity contribution in [2.24, 2.45) is 0 Å². The fourth-order valence-corrected chi connectivity index (χ4v) is 2.58. The Morgan fingerprint density at radius 1 is 1.29 bits per heavy atom. The van der Waals surface area contributed by atoms with Crippen molar-refractivity contribution in [2.75, 3.05) is 6.61 Å². The molecule has 1 unspecified atom stereocenters. The van der Waals surface area contributed by atoms with Crippen molar-refractivity contribution in [2.45, 2.75) is 37.8 Å². The second-order valence-corrected chi connectivity index (χ2v) is 5.20. The highest BCUT2D eigenvalue weighted by Crippen LogP contribution is 2.39. The van der Waals surface area contributed by atoms with Crippen LogP contribution in [0.1, 0.15) is 37.3 Å². The summed E-state index contributed by atoms with van der Waals surface area (Å²) in [5, 5.41) is 3.92. The SMILES string of the molecule is Fc1cc(Cl)c2c(c1)C(NC1CC1)CCCO2. The number of benzene rings is 1. The van der Waals surface area contributed by atoms with Gasteiger partial charge in [0.05, 0.1) is 11.6 Å². The molecule has 1 N–H and O–H groups in total. The first-order chi connectivity index (χ1) is 8.24. The van der Waals surface area contributed by atoms with E-state index in [1.165, 1.54) is 18.9 Å². The molecule has 17 heavy (non-hydrogen) atoms. The highest BCUT2D eigenvalue weighted by molar-refractivity contribution is 6.32. The maximum absolute atomic E-state index is 13.4. The zero-order valence-electron chi connectivity index (χ0n) is 9.51. The lowest BCUT2D eigenvalue weighted by atomic mass is 10.0. The molecular formula is C13H15ClFNO. The highest BCUT2D eigenvalue weighted by Gasteiger charge is 2.29. The highest BCUT2D eigenvalue weighted by atomic mass is 35.5. The van der Waals surface area contributed by atoms with Gasteiger partial charge in [-0.1, -0.05) is 11.6 Å². The predicted molar refractivity (Wildman–Crippen MR) is 65.0 cm³/mol. The van der Waals surface area contributed by atoms with Gasteiger partial charge in [0.15, 0.2) is 0 Å². The molecule has 1 aliphatic heterocycles. The summed E-state index contributed by atoms with van der Waals surface area (Å²) < 4.78 is 19.1. The molecule has 0 bridgehead atoms.